The van der Waals surface area contributed by atoms with Gasteiger partial charge in [0.15, 0.2) is 0 Å². The molecule has 0 spiro atoms. The van der Waals surface area contributed by atoms with E-state index in [2.05, 4.69) is 31.2 Å². The molecule has 0 fully saturated rings. The first-order chi connectivity index (χ1) is 5.43. The Hall–Kier alpha value is -0.520. The van der Waals surface area contributed by atoms with Crippen molar-refractivity contribution >= 4 is 0 Å². The van der Waals surface area contributed by atoms with Gasteiger partial charge in [0.05, 0.1) is 0 Å². The number of rotatable bonds is 3. The molecule has 1 aliphatic carbocycles. The van der Waals surface area contributed by atoms with E-state index in [9.17, 15) is 0 Å². The van der Waals surface area contributed by atoms with Crippen LogP contribution in [0.25, 0.3) is 0 Å². The number of allylic oxidation sites excluding steroid dienone is 4. The molecule has 0 aromatic carbocycles. The highest BCUT2D eigenvalue weighted by Crippen LogP contribution is 2.17. The van der Waals surface area contributed by atoms with Crippen molar-refractivity contribution in [3.63, 3.8) is 0 Å². The van der Waals surface area contributed by atoms with Gasteiger partial charge in [0.25, 0.3) is 0 Å². The zero-order chi connectivity index (χ0) is 7.94. The summed E-state index contributed by atoms with van der Waals surface area (Å²) < 4.78 is 0. The molecular formula is C11H18. The second-order valence-corrected chi connectivity index (χ2v) is 3.27. The third-order valence-corrected chi connectivity index (χ3v) is 2.21. The molecule has 62 valence electrons. The quantitative estimate of drug-likeness (QED) is 0.538. The van der Waals surface area contributed by atoms with E-state index >= 15 is 0 Å². The molecule has 0 aliphatic heterocycles. The highest BCUT2D eigenvalue weighted by Gasteiger charge is 2.02. The smallest absolute Gasteiger partial charge is 0.0169 e. The van der Waals surface area contributed by atoms with E-state index in [0.29, 0.717) is 0 Å². The monoisotopic (exact) mass is 150 g/mol. The molecular weight excluding hydrogens is 132 g/mol. The van der Waals surface area contributed by atoms with Crippen molar-refractivity contribution in [3.05, 3.63) is 24.3 Å². The molecule has 0 aromatic rings. The third kappa shape index (κ3) is 3.41. The normalized spacial score (nSPS) is 23.5. The van der Waals surface area contributed by atoms with Crippen molar-refractivity contribution in [2.75, 3.05) is 0 Å². The number of hydrogen-bond donors (Lipinski definition) is 0. The van der Waals surface area contributed by atoms with Crippen molar-refractivity contribution in [1.29, 1.82) is 0 Å². The fraction of sp³-hybridized carbons (Fsp3) is 0.636. The van der Waals surface area contributed by atoms with Gasteiger partial charge in [-0.3, -0.25) is 0 Å². The molecule has 0 amide bonds. The molecule has 1 atom stereocenters. The Kier molecular flexibility index (Phi) is 4.03. The molecule has 0 bridgehead atoms. The average Bonchev–Trinajstić information content (AvgIpc) is 2.28. The Balaban J connectivity index is 2.26. The summed E-state index contributed by atoms with van der Waals surface area (Å²) >= 11 is 0. The molecule has 0 heteroatoms. The predicted molar refractivity (Wildman–Crippen MR) is 50.5 cm³/mol. The van der Waals surface area contributed by atoms with E-state index in [1.54, 1.807) is 0 Å². The summed E-state index contributed by atoms with van der Waals surface area (Å²) in [7, 11) is 0. The summed E-state index contributed by atoms with van der Waals surface area (Å²) in [6, 6.07) is 0. The van der Waals surface area contributed by atoms with E-state index in [-0.39, 0.29) is 0 Å². The molecule has 0 heterocycles. The summed E-state index contributed by atoms with van der Waals surface area (Å²) in [5.74, 6) is 0.827. The van der Waals surface area contributed by atoms with E-state index in [4.69, 9.17) is 0 Å². The van der Waals surface area contributed by atoms with Crippen LogP contribution in [0.5, 0.6) is 0 Å². The first-order valence-electron chi connectivity index (χ1n) is 4.75. The van der Waals surface area contributed by atoms with Crippen LogP contribution in [0.3, 0.4) is 0 Å². The van der Waals surface area contributed by atoms with Gasteiger partial charge in [0.1, 0.15) is 0 Å². The SMILES string of the molecule is CCCC[C@H]1C=CCC=CC1. The summed E-state index contributed by atoms with van der Waals surface area (Å²) in [6.07, 6.45) is 15.7. The maximum atomic E-state index is 2.38. The molecule has 1 rings (SSSR count). The lowest BCUT2D eigenvalue weighted by atomic mass is 9.99. The van der Waals surface area contributed by atoms with E-state index < -0.39 is 0 Å². The van der Waals surface area contributed by atoms with Gasteiger partial charge in [-0.15, -0.1) is 0 Å². The zero-order valence-electron chi connectivity index (χ0n) is 7.42. The lowest BCUT2D eigenvalue weighted by Gasteiger charge is -2.07. The minimum atomic E-state index is 0.827. The maximum absolute atomic E-state index is 2.38. The molecule has 0 N–H and O–H groups in total. The van der Waals surface area contributed by atoms with Crippen molar-refractivity contribution in [2.45, 2.75) is 39.0 Å². The molecule has 0 nitrogen and oxygen atoms in total. The zero-order valence-corrected chi connectivity index (χ0v) is 7.42. The first-order valence-corrected chi connectivity index (χ1v) is 4.75. The van der Waals surface area contributed by atoms with Crippen LogP contribution >= 0.6 is 0 Å². The Bertz CT molecular complexity index is 142. The summed E-state index contributed by atoms with van der Waals surface area (Å²) in [5, 5.41) is 0. The number of unbranched alkanes of at least 4 members (excludes halogenated alkanes) is 1. The Morgan fingerprint density at radius 3 is 3.00 bits per heavy atom. The van der Waals surface area contributed by atoms with Crippen LogP contribution in [0.15, 0.2) is 24.3 Å². The van der Waals surface area contributed by atoms with E-state index in [0.717, 1.165) is 12.3 Å². The number of hydrogen-bond acceptors (Lipinski definition) is 0. The van der Waals surface area contributed by atoms with Crippen molar-refractivity contribution in [2.24, 2.45) is 5.92 Å². The minimum absolute atomic E-state index is 0.827. The molecule has 0 saturated heterocycles. The molecule has 11 heavy (non-hydrogen) atoms. The van der Waals surface area contributed by atoms with Crippen LogP contribution in [0.4, 0.5) is 0 Å². The summed E-state index contributed by atoms with van der Waals surface area (Å²) in [6.45, 7) is 2.26. The van der Waals surface area contributed by atoms with Crippen molar-refractivity contribution < 1.29 is 0 Å². The van der Waals surface area contributed by atoms with Crippen LogP contribution < -0.4 is 0 Å². The van der Waals surface area contributed by atoms with Gasteiger partial charge in [-0.05, 0) is 25.2 Å². The van der Waals surface area contributed by atoms with E-state index in [1.165, 1.54) is 25.7 Å². The van der Waals surface area contributed by atoms with Gasteiger partial charge in [0.2, 0.25) is 0 Å². The first kappa shape index (κ1) is 8.58. The van der Waals surface area contributed by atoms with Crippen LogP contribution in [0, 0.1) is 5.92 Å². The third-order valence-electron chi connectivity index (χ3n) is 2.21. The molecule has 1 aliphatic rings. The Labute approximate surface area is 70.0 Å². The largest absolute Gasteiger partial charge is 0.0876 e. The molecule has 0 aromatic heterocycles. The van der Waals surface area contributed by atoms with Crippen LogP contribution in [0.2, 0.25) is 0 Å². The van der Waals surface area contributed by atoms with Gasteiger partial charge >= 0.3 is 0 Å². The van der Waals surface area contributed by atoms with Gasteiger partial charge < -0.3 is 0 Å². The van der Waals surface area contributed by atoms with E-state index in [1.807, 2.05) is 0 Å². The molecule has 0 radical (unpaired) electrons. The average molecular weight is 150 g/mol. The van der Waals surface area contributed by atoms with Crippen molar-refractivity contribution in [3.8, 4) is 0 Å². The molecule has 0 saturated carbocycles. The van der Waals surface area contributed by atoms with Gasteiger partial charge in [-0.1, -0.05) is 44.1 Å². The van der Waals surface area contributed by atoms with Crippen LogP contribution in [-0.2, 0) is 0 Å². The highest BCUT2D eigenvalue weighted by molar-refractivity contribution is 5.02. The standard InChI is InChI=1S/C11H18/c1-2-3-8-11-9-6-4-5-7-10-11/h4,6-7,10-11H,2-3,5,8-9H2,1H3/t11-/m1/s1. The van der Waals surface area contributed by atoms with Gasteiger partial charge in [-0.25, -0.2) is 0 Å². The Morgan fingerprint density at radius 1 is 1.27 bits per heavy atom. The fourth-order valence-corrected chi connectivity index (χ4v) is 1.48. The summed E-state index contributed by atoms with van der Waals surface area (Å²) in [5.41, 5.74) is 0. The van der Waals surface area contributed by atoms with Gasteiger partial charge in [-0.2, -0.15) is 0 Å². The minimum Gasteiger partial charge on any atom is -0.0876 e. The predicted octanol–water partition coefficient (Wildman–Crippen LogP) is 3.70. The maximum Gasteiger partial charge on any atom is -0.0169 e. The second kappa shape index (κ2) is 5.17. The topological polar surface area (TPSA) is 0 Å². The molecule has 0 unspecified atom stereocenters. The highest BCUT2D eigenvalue weighted by atomic mass is 14.1. The lowest BCUT2D eigenvalue weighted by molar-refractivity contribution is 0.562. The van der Waals surface area contributed by atoms with Gasteiger partial charge in [0, 0.05) is 0 Å². The van der Waals surface area contributed by atoms with Crippen LogP contribution in [-0.4, -0.2) is 0 Å². The lowest BCUT2D eigenvalue weighted by Crippen LogP contribution is -1.93. The van der Waals surface area contributed by atoms with Crippen molar-refractivity contribution in [1.82, 2.24) is 0 Å². The second-order valence-electron chi connectivity index (χ2n) is 3.27. The fourth-order valence-electron chi connectivity index (χ4n) is 1.48. The summed E-state index contributed by atoms with van der Waals surface area (Å²) in [4.78, 5) is 0. The Morgan fingerprint density at radius 2 is 2.18 bits per heavy atom. The van der Waals surface area contributed by atoms with Crippen LogP contribution in [0.1, 0.15) is 39.0 Å².